The number of rotatable bonds is 6. The third-order valence-electron chi connectivity index (χ3n) is 3.79. The van der Waals surface area contributed by atoms with Crippen molar-refractivity contribution in [1.82, 2.24) is 10.2 Å². The Balaban J connectivity index is 1.69. The standard InChI is InChI=1S/C18H16N4O4S/c1-11-7-3-4-8-13(11)17-20-21-18(26-17)27-12(2)16(23)19-14-9-5-6-10-15(14)22(24)25/h3-10,12H,1-2H3,(H,19,23)/t12-/m1/s1. The number of aromatic nitrogens is 2. The van der Waals surface area contributed by atoms with E-state index < -0.39 is 16.1 Å². The van der Waals surface area contributed by atoms with Crippen LogP contribution in [0.5, 0.6) is 0 Å². The maximum absolute atomic E-state index is 12.4. The molecule has 138 valence electrons. The number of hydrogen-bond donors (Lipinski definition) is 1. The van der Waals surface area contributed by atoms with Crippen molar-refractivity contribution < 1.29 is 14.1 Å². The Kier molecular flexibility index (Phi) is 5.51. The van der Waals surface area contributed by atoms with E-state index in [2.05, 4.69) is 15.5 Å². The maximum Gasteiger partial charge on any atom is 0.292 e. The first-order valence-corrected chi connectivity index (χ1v) is 8.94. The second-order valence-corrected chi connectivity index (χ2v) is 7.00. The molecular formula is C18H16N4O4S. The Hall–Kier alpha value is -3.20. The molecule has 1 aromatic heterocycles. The molecule has 1 heterocycles. The molecule has 1 amide bonds. The molecule has 0 unspecified atom stereocenters. The van der Waals surface area contributed by atoms with Gasteiger partial charge >= 0.3 is 0 Å². The number of para-hydroxylation sites is 2. The summed E-state index contributed by atoms with van der Waals surface area (Å²) in [6, 6.07) is 13.6. The zero-order valence-electron chi connectivity index (χ0n) is 14.6. The van der Waals surface area contributed by atoms with Gasteiger partial charge in [-0.2, -0.15) is 0 Å². The van der Waals surface area contributed by atoms with Crippen LogP contribution in [0, 0.1) is 17.0 Å². The van der Waals surface area contributed by atoms with Crippen LogP contribution in [-0.4, -0.2) is 26.3 Å². The average molecular weight is 384 g/mol. The highest BCUT2D eigenvalue weighted by Crippen LogP contribution is 2.29. The molecule has 0 fully saturated rings. The molecule has 1 atom stereocenters. The van der Waals surface area contributed by atoms with Gasteiger partial charge in [0, 0.05) is 11.6 Å². The molecule has 0 aliphatic heterocycles. The highest BCUT2D eigenvalue weighted by Gasteiger charge is 2.22. The number of nitrogens with one attached hydrogen (secondary N) is 1. The molecule has 27 heavy (non-hydrogen) atoms. The Morgan fingerprint density at radius 1 is 1.19 bits per heavy atom. The first-order chi connectivity index (χ1) is 13.0. The van der Waals surface area contributed by atoms with Crippen LogP contribution in [0.1, 0.15) is 12.5 Å². The van der Waals surface area contributed by atoms with Crippen molar-refractivity contribution in [2.75, 3.05) is 5.32 Å². The van der Waals surface area contributed by atoms with Gasteiger partial charge in [0.25, 0.3) is 10.9 Å². The van der Waals surface area contributed by atoms with Gasteiger partial charge in [-0.1, -0.05) is 42.1 Å². The van der Waals surface area contributed by atoms with E-state index >= 15 is 0 Å². The number of nitro benzene ring substituents is 1. The number of hydrogen-bond acceptors (Lipinski definition) is 7. The van der Waals surface area contributed by atoms with E-state index in [1.165, 1.54) is 18.2 Å². The van der Waals surface area contributed by atoms with Crippen molar-refractivity contribution in [3.05, 3.63) is 64.2 Å². The first-order valence-electron chi connectivity index (χ1n) is 8.06. The van der Waals surface area contributed by atoms with E-state index in [1.54, 1.807) is 13.0 Å². The molecule has 2 aromatic carbocycles. The third-order valence-corrected chi connectivity index (χ3v) is 4.72. The molecular weight excluding hydrogens is 368 g/mol. The summed E-state index contributed by atoms with van der Waals surface area (Å²) in [5, 5.41) is 21.3. The lowest BCUT2D eigenvalue weighted by molar-refractivity contribution is -0.383. The molecule has 0 radical (unpaired) electrons. The minimum absolute atomic E-state index is 0.145. The smallest absolute Gasteiger partial charge is 0.292 e. The van der Waals surface area contributed by atoms with Gasteiger partial charge in [0.05, 0.1) is 10.2 Å². The Bertz CT molecular complexity index is 989. The van der Waals surface area contributed by atoms with Crippen LogP contribution in [0.2, 0.25) is 0 Å². The van der Waals surface area contributed by atoms with Gasteiger partial charge in [-0.25, -0.2) is 0 Å². The van der Waals surface area contributed by atoms with Crippen LogP contribution < -0.4 is 5.32 Å². The average Bonchev–Trinajstić information content (AvgIpc) is 3.10. The van der Waals surface area contributed by atoms with Crippen LogP contribution in [0.15, 0.2) is 58.2 Å². The van der Waals surface area contributed by atoms with Gasteiger partial charge in [-0.15, -0.1) is 10.2 Å². The predicted octanol–water partition coefficient (Wildman–Crippen LogP) is 4.07. The fraction of sp³-hybridized carbons (Fsp3) is 0.167. The molecule has 0 spiro atoms. The van der Waals surface area contributed by atoms with Crippen molar-refractivity contribution in [2.24, 2.45) is 0 Å². The fourth-order valence-electron chi connectivity index (χ4n) is 2.36. The van der Waals surface area contributed by atoms with Crippen molar-refractivity contribution in [3.8, 4) is 11.5 Å². The number of aryl methyl sites for hydroxylation is 1. The largest absolute Gasteiger partial charge is 0.411 e. The summed E-state index contributed by atoms with van der Waals surface area (Å²) in [6.07, 6.45) is 0. The van der Waals surface area contributed by atoms with Gasteiger partial charge in [0.1, 0.15) is 5.69 Å². The van der Waals surface area contributed by atoms with E-state index in [9.17, 15) is 14.9 Å². The summed E-state index contributed by atoms with van der Waals surface area (Å²) in [5.41, 5.74) is 1.81. The number of amides is 1. The zero-order chi connectivity index (χ0) is 19.4. The lowest BCUT2D eigenvalue weighted by atomic mass is 10.1. The summed E-state index contributed by atoms with van der Waals surface area (Å²) in [6.45, 7) is 3.60. The van der Waals surface area contributed by atoms with E-state index in [4.69, 9.17) is 4.42 Å². The van der Waals surface area contributed by atoms with Crippen molar-refractivity contribution >= 4 is 29.0 Å². The summed E-state index contributed by atoms with van der Waals surface area (Å²) < 4.78 is 5.64. The number of benzene rings is 2. The van der Waals surface area contributed by atoms with E-state index in [0.717, 1.165) is 22.9 Å². The highest BCUT2D eigenvalue weighted by atomic mass is 32.2. The minimum Gasteiger partial charge on any atom is -0.411 e. The van der Waals surface area contributed by atoms with Crippen molar-refractivity contribution in [2.45, 2.75) is 24.3 Å². The Morgan fingerprint density at radius 3 is 2.63 bits per heavy atom. The second kappa shape index (κ2) is 8.00. The summed E-state index contributed by atoms with van der Waals surface area (Å²) in [7, 11) is 0. The van der Waals surface area contributed by atoms with Crippen molar-refractivity contribution in [1.29, 1.82) is 0 Å². The lowest BCUT2D eigenvalue weighted by Crippen LogP contribution is -2.22. The minimum atomic E-state index is -0.588. The second-order valence-electron chi connectivity index (χ2n) is 5.71. The topological polar surface area (TPSA) is 111 Å². The van der Waals surface area contributed by atoms with Crippen LogP contribution in [0.4, 0.5) is 11.4 Å². The first kappa shape index (κ1) is 18.6. The zero-order valence-corrected chi connectivity index (χ0v) is 15.4. The number of anilines is 1. The van der Waals surface area contributed by atoms with Crippen LogP contribution in [0.25, 0.3) is 11.5 Å². The fourth-order valence-corrected chi connectivity index (χ4v) is 3.04. The van der Waals surface area contributed by atoms with E-state index in [1.807, 2.05) is 31.2 Å². The molecule has 0 aliphatic carbocycles. The summed E-state index contributed by atoms with van der Waals surface area (Å²) in [5.74, 6) is -0.0214. The normalized spacial score (nSPS) is 11.8. The number of thioether (sulfide) groups is 1. The molecule has 8 nitrogen and oxygen atoms in total. The molecule has 0 aliphatic rings. The molecule has 0 bridgehead atoms. The van der Waals surface area contributed by atoms with Gasteiger partial charge in [0.2, 0.25) is 11.8 Å². The summed E-state index contributed by atoms with van der Waals surface area (Å²) in [4.78, 5) is 22.9. The Morgan fingerprint density at radius 2 is 1.89 bits per heavy atom. The predicted molar refractivity (Wildman–Crippen MR) is 102 cm³/mol. The number of carbonyl (C=O) groups excluding carboxylic acids is 1. The van der Waals surface area contributed by atoms with E-state index in [-0.39, 0.29) is 16.6 Å². The molecule has 3 rings (SSSR count). The van der Waals surface area contributed by atoms with Gasteiger partial charge < -0.3 is 9.73 Å². The van der Waals surface area contributed by atoms with Crippen LogP contribution in [0.3, 0.4) is 0 Å². The monoisotopic (exact) mass is 384 g/mol. The number of nitrogens with zero attached hydrogens (tertiary/aromatic N) is 3. The van der Waals surface area contributed by atoms with Crippen LogP contribution >= 0.6 is 11.8 Å². The van der Waals surface area contributed by atoms with Gasteiger partial charge in [-0.3, -0.25) is 14.9 Å². The Labute approximate surface area is 159 Å². The lowest BCUT2D eigenvalue weighted by Gasteiger charge is -2.10. The molecule has 3 aromatic rings. The van der Waals surface area contributed by atoms with Gasteiger partial charge in [0.15, 0.2) is 0 Å². The molecule has 1 N–H and O–H groups in total. The number of carbonyl (C=O) groups is 1. The highest BCUT2D eigenvalue weighted by molar-refractivity contribution is 8.00. The number of nitro groups is 1. The van der Waals surface area contributed by atoms with Crippen molar-refractivity contribution in [3.63, 3.8) is 0 Å². The summed E-state index contributed by atoms with van der Waals surface area (Å²) >= 11 is 1.08. The molecule has 9 heteroatoms. The van der Waals surface area contributed by atoms with Gasteiger partial charge in [-0.05, 0) is 31.5 Å². The maximum atomic E-state index is 12.4. The molecule has 0 saturated heterocycles. The molecule has 0 saturated carbocycles. The SMILES string of the molecule is Cc1ccccc1-c1nnc(S[C@H](C)C(=O)Nc2ccccc2[N+](=O)[O-])o1. The van der Waals surface area contributed by atoms with Crippen LogP contribution in [-0.2, 0) is 4.79 Å². The quantitative estimate of drug-likeness (QED) is 0.387. The van der Waals surface area contributed by atoms with E-state index in [0.29, 0.717) is 5.89 Å². The third kappa shape index (κ3) is 4.32.